The van der Waals surface area contributed by atoms with Crippen molar-refractivity contribution in [1.29, 1.82) is 0 Å². The Kier molecular flexibility index (Phi) is 4.02. The van der Waals surface area contributed by atoms with Crippen molar-refractivity contribution >= 4 is 23.2 Å². The van der Waals surface area contributed by atoms with E-state index in [9.17, 15) is 4.79 Å². The van der Waals surface area contributed by atoms with Crippen molar-refractivity contribution in [2.24, 2.45) is 0 Å². The summed E-state index contributed by atoms with van der Waals surface area (Å²) in [6.45, 7) is 4.69. The molecule has 0 radical (unpaired) electrons. The van der Waals surface area contributed by atoms with Gasteiger partial charge < -0.3 is 15.8 Å². The molecule has 1 amide bonds. The third-order valence-corrected chi connectivity index (χ3v) is 3.62. The van der Waals surface area contributed by atoms with Gasteiger partial charge in [0.1, 0.15) is 0 Å². The first kappa shape index (κ1) is 14.2. The molecule has 0 aliphatic carbocycles. The normalized spacial score (nSPS) is 21.9. The highest BCUT2D eigenvalue weighted by Gasteiger charge is 2.30. The summed E-state index contributed by atoms with van der Waals surface area (Å²) in [5.41, 5.74) is 6.36. The molecular weight excluding hydrogens is 264 g/mol. The number of ether oxygens (including phenoxy) is 1. The predicted octanol–water partition coefficient (Wildman–Crippen LogP) is 2.61. The Labute approximate surface area is 118 Å². The molecule has 3 N–H and O–H groups in total. The summed E-state index contributed by atoms with van der Waals surface area (Å²) in [6.07, 6.45) is 1.59. The van der Waals surface area contributed by atoms with Gasteiger partial charge in [0.2, 0.25) is 0 Å². The average molecular weight is 283 g/mol. The molecule has 1 aromatic carbocycles. The molecule has 19 heavy (non-hydrogen) atoms. The monoisotopic (exact) mass is 282 g/mol. The van der Waals surface area contributed by atoms with Gasteiger partial charge in [-0.05, 0) is 38.8 Å². The van der Waals surface area contributed by atoms with Crippen LogP contribution in [0.25, 0.3) is 0 Å². The number of rotatable bonds is 2. The fourth-order valence-electron chi connectivity index (χ4n) is 2.39. The van der Waals surface area contributed by atoms with Crippen LogP contribution in [0, 0.1) is 0 Å². The number of hydrogen-bond donors (Lipinski definition) is 2. The summed E-state index contributed by atoms with van der Waals surface area (Å²) in [6, 6.07) is 5.16. The van der Waals surface area contributed by atoms with E-state index in [2.05, 4.69) is 5.32 Å². The van der Waals surface area contributed by atoms with Crippen LogP contribution in [0.4, 0.5) is 5.69 Å². The smallest absolute Gasteiger partial charge is 0.255 e. The van der Waals surface area contributed by atoms with Crippen LogP contribution in [0.1, 0.15) is 37.0 Å². The van der Waals surface area contributed by atoms with E-state index in [4.69, 9.17) is 22.1 Å². The minimum atomic E-state index is -0.217. The van der Waals surface area contributed by atoms with Crippen LogP contribution in [0.15, 0.2) is 18.2 Å². The molecule has 4 nitrogen and oxygen atoms in total. The molecule has 1 aliphatic heterocycles. The van der Waals surface area contributed by atoms with Gasteiger partial charge in [-0.1, -0.05) is 17.7 Å². The standard InChI is InChI=1S/C14H19ClN2O2/c1-14(2)8-9(6-7-19-14)17-13(18)12-10(15)4-3-5-11(12)16/h3-5,9H,6-8,16H2,1-2H3,(H,17,18). The maximum Gasteiger partial charge on any atom is 0.255 e. The number of nitrogen functional groups attached to an aromatic ring is 1. The van der Waals surface area contributed by atoms with E-state index in [0.717, 1.165) is 12.8 Å². The van der Waals surface area contributed by atoms with E-state index in [1.807, 2.05) is 13.8 Å². The van der Waals surface area contributed by atoms with Gasteiger partial charge in [-0.15, -0.1) is 0 Å². The number of benzene rings is 1. The SMILES string of the molecule is CC1(C)CC(NC(=O)c2c(N)cccc2Cl)CCO1. The zero-order valence-electron chi connectivity index (χ0n) is 11.2. The third-order valence-electron chi connectivity index (χ3n) is 3.31. The van der Waals surface area contributed by atoms with E-state index in [1.54, 1.807) is 18.2 Å². The molecule has 5 heteroatoms. The zero-order valence-corrected chi connectivity index (χ0v) is 12.0. The number of carbonyl (C=O) groups is 1. The lowest BCUT2D eigenvalue weighted by atomic mass is 9.93. The molecule has 1 saturated heterocycles. The number of anilines is 1. The minimum Gasteiger partial charge on any atom is -0.398 e. The summed E-state index contributed by atoms with van der Waals surface area (Å²) >= 11 is 6.03. The molecule has 1 heterocycles. The fraction of sp³-hybridized carbons (Fsp3) is 0.500. The first-order chi connectivity index (χ1) is 8.89. The van der Waals surface area contributed by atoms with Gasteiger partial charge in [0.05, 0.1) is 16.2 Å². The molecule has 104 valence electrons. The maximum absolute atomic E-state index is 12.2. The molecule has 1 atom stereocenters. The van der Waals surface area contributed by atoms with E-state index in [1.165, 1.54) is 0 Å². The number of nitrogens with two attached hydrogens (primary N) is 1. The average Bonchev–Trinajstić information content (AvgIpc) is 2.27. The predicted molar refractivity (Wildman–Crippen MR) is 76.4 cm³/mol. The maximum atomic E-state index is 12.2. The largest absolute Gasteiger partial charge is 0.398 e. The van der Waals surface area contributed by atoms with Crippen molar-refractivity contribution in [2.75, 3.05) is 12.3 Å². The Morgan fingerprint density at radius 3 is 2.89 bits per heavy atom. The Balaban J connectivity index is 2.09. The number of amides is 1. The van der Waals surface area contributed by atoms with Gasteiger partial charge in [-0.3, -0.25) is 4.79 Å². The second-order valence-electron chi connectivity index (χ2n) is 5.48. The highest BCUT2D eigenvalue weighted by molar-refractivity contribution is 6.34. The van der Waals surface area contributed by atoms with Crippen molar-refractivity contribution in [3.05, 3.63) is 28.8 Å². The molecule has 0 bridgehead atoms. The summed E-state index contributed by atoms with van der Waals surface area (Å²) in [5, 5.41) is 3.37. The summed E-state index contributed by atoms with van der Waals surface area (Å²) in [7, 11) is 0. The zero-order chi connectivity index (χ0) is 14.0. The lowest BCUT2D eigenvalue weighted by molar-refractivity contribution is -0.0615. The fourth-order valence-corrected chi connectivity index (χ4v) is 2.66. The van der Waals surface area contributed by atoms with Gasteiger partial charge in [0, 0.05) is 18.3 Å². The van der Waals surface area contributed by atoms with E-state index >= 15 is 0 Å². The second kappa shape index (κ2) is 5.39. The number of hydrogen-bond acceptors (Lipinski definition) is 3. The van der Waals surface area contributed by atoms with E-state index < -0.39 is 0 Å². The minimum absolute atomic E-state index is 0.0897. The quantitative estimate of drug-likeness (QED) is 0.820. The summed E-state index contributed by atoms with van der Waals surface area (Å²) in [4.78, 5) is 12.2. The van der Waals surface area contributed by atoms with Gasteiger partial charge in [-0.2, -0.15) is 0 Å². The van der Waals surface area contributed by atoms with E-state index in [-0.39, 0.29) is 17.6 Å². The molecule has 0 aromatic heterocycles. The van der Waals surface area contributed by atoms with Crippen molar-refractivity contribution in [3.8, 4) is 0 Å². The molecule has 0 spiro atoms. The van der Waals surface area contributed by atoms with Crippen LogP contribution in [-0.4, -0.2) is 24.2 Å². The summed E-state index contributed by atoms with van der Waals surface area (Å²) < 4.78 is 5.63. The first-order valence-electron chi connectivity index (χ1n) is 6.38. The van der Waals surface area contributed by atoms with Crippen LogP contribution in [0.5, 0.6) is 0 Å². The van der Waals surface area contributed by atoms with Crippen LogP contribution in [0.2, 0.25) is 5.02 Å². The van der Waals surface area contributed by atoms with Crippen LogP contribution in [0.3, 0.4) is 0 Å². The van der Waals surface area contributed by atoms with Gasteiger partial charge in [0.15, 0.2) is 0 Å². The second-order valence-corrected chi connectivity index (χ2v) is 5.88. The number of carbonyl (C=O) groups excluding carboxylic acids is 1. The van der Waals surface area contributed by atoms with Gasteiger partial charge in [0.25, 0.3) is 5.91 Å². The van der Waals surface area contributed by atoms with Crippen LogP contribution >= 0.6 is 11.6 Å². The lowest BCUT2D eigenvalue weighted by Gasteiger charge is -2.35. The Hall–Kier alpha value is -1.26. The van der Waals surface area contributed by atoms with Crippen LogP contribution in [-0.2, 0) is 4.74 Å². The molecular formula is C14H19ClN2O2. The van der Waals surface area contributed by atoms with Crippen molar-refractivity contribution in [2.45, 2.75) is 38.3 Å². The number of halogens is 1. The topological polar surface area (TPSA) is 64.4 Å². The highest BCUT2D eigenvalue weighted by Crippen LogP contribution is 2.26. The van der Waals surface area contributed by atoms with Gasteiger partial charge in [-0.25, -0.2) is 0 Å². The number of nitrogens with one attached hydrogen (secondary N) is 1. The lowest BCUT2D eigenvalue weighted by Crippen LogP contribution is -2.46. The van der Waals surface area contributed by atoms with Crippen LogP contribution < -0.4 is 11.1 Å². The molecule has 1 aliphatic rings. The molecule has 1 unspecified atom stereocenters. The molecule has 1 aromatic rings. The Bertz CT molecular complexity index is 468. The summed E-state index contributed by atoms with van der Waals surface area (Å²) in [5.74, 6) is -0.217. The molecule has 0 saturated carbocycles. The van der Waals surface area contributed by atoms with E-state index in [0.29, 0.717) is 22.9 Å². The first-order valence-corrected chi connectivity index (χ1v) is 6.76. The highest BCUT2D eigenvalue weighted by atomic mass is 35.5. The van der Waals surface area contributed by atoms with Crippen molar-refractivity contribution in [1.82, 2.24) is 5.32 Å². The van der Waals surface area contributed by atoms with Crippen molar-refractivity contribution < 1.29 is 9.53 Å². The third kappa shape index (κ3) is 3.39. The Morgan fingerprint density at radius 2 is 2.26 bits per heavy atom. The Morgan fingerprint density at radius 1 is 1.53 bits per heavy atom. The van der Waals surface area contributed by atoms with Gasteiger partial charge >= 0.3 is 0 Å². The molecule has 2 rings (SSSR count). The molecule has 1 fully saturated rings. The van der Waals surface area contributed by atoms with Crippen molar-refractivity contribution in [3.63, 3.8) is 0 Å².